The van der Waals surface area contributed by atoms with Crippen LogP contribution in [-0.2, 0) is 4.79 Å². The molecule has 0 spiro atoms. The summed E-state index contributed by atoms with van der Waals surface area (Å²) in [5.41, 5.74) is 9.27. The molecule has 1 aromatic carbocycles. The second-order valence-corrected chi connectivity index (χ2v) is 6.33. The van der Waals surface area contributed by atoms with Crippen LogP contribution in [0.5, 0.6) is 0 Å². The second-order valence-electron chi connectivity index (χ2n) is 6.33. The largest absolute Gasteiger partial charge is 0.415 e. The fourth-order valence-electron chi connectivity index (χ4n) is 2.07. The summed E-state index contributed by atoms with van der Waals surface area (Å²) in [5, 5.41) is 2.77. The molecule has 0 unspecified atom stereocenters. The molecule has 3 nitrogen and oxygen atoms in total. The lowest BCUT2D eigenvalue weighted by Crippen LogP contribution is -2.14. The Morgan fingerprint density at radius 3 is 2.48 bits per heavy atom. The molecule has 1 amide bonds. The molecule has 0 aromatic heterocycles. The molecule has 0 bridgehead atoms. The van der Waals surface area contributed by atoms with Crippen molar-refractivity contribution in [3.05, 3.63) is 64.8 Å². The molecule has 0 atom stereocenters. The van der Waals surface area contributed by atoms with Crippen LogP contribution in [0.15, 0.2) is 53.7 Å². The quantitative estimate of drug-likeness (QED) is 0.365. The van der Waals surface area contributed by atoms with Gasteiger partial charge < -0.3 is 11.1 Å². The zero-order chi connectivity index (χ0) is 20.8. The molecule has 0 fully saturated rings. The van der Waals surface area contributed by atoms with Crippen molar-refractivity contribution >= 4 is 23.4 Å². The summed E-state index contributed by atoms with van der Waals surface area (Å²) in [5.74, 6) is -0.410. The van der Waals surface area contributed by atoms with Crippen molar-refractivity contribution in [2.75, 3.05) is 11.1 Å². The van der Waals surface area contributed by atoms with E-state index in [0.29, 0.717) is 11.4 Å². The van der Waals surface area contributed by atoms with Crippen LogP contribution in [0.3, 0.4) is 0 Å². The van der Waals surface area contributed by atoms with E-state index in [1.807, 2.05) is 26.8 Å². The van der Waals surface area contributed by atoms with Crippen molar-refractivity contribution in [3.63, 3.8) is 0 Å². The molecule has 0 aliphatic rings. The van der Waals surface area contributed by atoms with E-state index in [4.69, 9.17) is 5.73 Å². The van der Waals surface area contributed by atoms with Crippen molar-refractivity contribution in [2.24, 2.45) is 0 Å². The van der Waals surface area contributed by atoms with E-state index < -0.39 is 17.7 Å². The fourth-order valence-corrected chi connectivity index (χ4v) is 2.07. The Morgan fingerprint density at radius 1 is 1.30 bits per heavy atom. The molecule has 3 N–H and O–H groups in total. The number of allylic oxidation sites excluding steroid dienone is 5. The highest BCUT2D eigenvalue weighted by Gasteiger charge is 2.29. The molecule has 0 heterocycles. The Morgan fingerprint density at radius 2 is 1.93 bits per heavy atom. The van der Waals surface area contributed by atoms with Crippen LogP contribution in [0.1, 0.15) is 38.3 Å². The van der Waals surface area contributed by atoms with Crippen LogP contribution in [0, 0.1) is 6.92 Å². The van der Waals surface area contributed by atoms with E-state index in [1.165, 1.54) is 13.0 Å². The van der Waals surface area contributed by atoms with Crippen LogP contribution < -0.4 is 11.1 Å². The van der Waals surface area contributed by atoms with Gasteiger partial charge in [0.2, 0.25) is 0 Å². The van der Waals surface area contributed by atoms with Crippen LogP contribution in [0.25, 0.3) is 6.08 Å². The summed E-state index contributed by atoms with van der Waals surface area (Å²) in [6.07, 6.45) is 1.63. The van der Waals surface area contributed by atoms with Gasteiger partial charge >= 0.3 is 6.18 Å². The van der Waals surface area contributed by atoms with Crippen molar-refractivity contribution in [2.45, 2.75) is 40.3 Å². The number of carbonyl (C=O) groups excluding carboxylic acids is 1. The number of halogens is 3. The van der Waals surface area contributed by atoms with Gasteiger partial charge in [-0.3, -0.25) is 4.79 Å². The van der Waals surface area contributed by atoms with Gasteiger partial charge in [0.05, 0.1) is 0 Å². The SMILES string of the molecule is C=C(/C=C\C=C(/C)C(=O)Nc1cc(/C=C(\C)CC)c(N)cc1C)C(F)(F)F. The smallest absolute Gasteiger partial charge is 0.398 e. The molecule has 1 aromatic rings. The third-order valence-corrected chi connectivity index (χ3v) is 4.00. The maximum Gasteiger partial charge on any atom is 0.415 e. The van der Waals surface area contributed by atoms with Gasteiger partial charge in [-0.05, 0) is 50.5 Å². The molecular formula is C21H25F3N2O. The number of amides is 1. The van der Waals surface area contributed by atoms with E-state index in [2.05, 4.69) is 11.9 Å². The summed E-state index contributed by atoms with van der Waals surface area (Å²) in [6.45, 7) is 10.3. The first-order valence-electron chi connectivity index (χ1n) is 8.45. The first-order valence-corrected chi connectivity index (χ1v) is 8.45. The van der Waals surface area contributed by atoms with Gasteiger partial charge in [-0.1, -0.05) is 43.4 Å². The van der Waals surface area contributed by atoms with Crippen LogP contribution in [0.4, 0.5) is 24.5 Å². The average Bonchev–Trinajstić information content (AvgIpc) is 2.57. The number of anilines is 2. The van der Waals surface area contributed by atoms with Gasteiger partial charge in [-0.2, -0.15) is 13.2 Å². The van der Waals surface area contributed by atoms with E-state index in [0.717, 1.165) is 35.3 Å². The third-order valence-electron chi connectivity index (χ3n) is 4.00. The molecule has 146 valence electrons. The number of nitrogens with one attached hydrogen (secondary N) is 1. The Balaban J connectivity index is 2.99. The Kier molecular flexibility index (Phi) is 7.64. The monoisotopic (exact) mass is 378 g/mol. The lowest BCUT2D eigenvalue weighted by atomic mass is 10.0. The van der Waals surface area contributed by atoms with Crippen LogP contribution in [0.2, 0.25) is 0 Å². The molecule has 6 heteroatoms. The minimum Gasteiger partial charge on any atom is -0.398 e. The van der Waals surface area contributed by atoms with E-state index in [9.17, 15) is 18.0 Å². The molecule has 0 aliphatic carbocycles. The fraction of sp³-hybridized carbons (Fsp3) is 0.286. The first kappa shape index (κ1) is 22.3. The maximum absolute atomic E-state index is 12.4. The predicted molar refractivity (Wildman–Crippen MR) is 106 cm³/mol. The highest BCUT2D eigenvalue weighted by Crippen LogP contribution is 2.26. The molecular weight excluding hydrogens is 353 g/mol. The van der Waals surface area contributed by atoms with Crippen molar-refractivity contribution in [3.8, 4) is 0 Å². The topological polar surface area (TPSA) is 55.1 Å². The summed E-state index contributed by atoms with van der Waals surface area (Å²) >= 11 is 0. The molecule has 0 radical (unpaired) electrons. The van der Waals surface area contributed by atoms with Gasteiger partial charge in [0.1, 0.15) is 0 Å². The Hall–Kier alpha value is -2.76. The van der Waals surface area contributed by atoms with Crippen molar-refractivity contribution in [1.29, 1.82) is 0 Å². The second kappa shape index (κ2) is 9.26. The van der Waals surface area contributed by atoms with Gasteiger partial charge in [-0.25, -0.2) is 0 Å². The number of rotatable bonds is 6. The Labute approximate surface area is 158 Å². The summed E-state index contributed by atoms with van der Waals surface area (Å²) in [4.78, 5) is 12.3. The van der Waals surface area contributed by atoms with Crippen molar-refractivity contribution < 1.29 is 18.0 Å². The molecule has 0 saturated carbocycles. The number of carbonyl (C=O) groups is 1. The van der Waals surface area contributed by atoms with Gasteiger partial charge in [0.25, 0.3) is 5.91 Å². The highest BCUT2D eigenvalue weighted by molar-refractivity contribution is 6.04. The molecule has 1 rings (SSSR count). The number of aryl methyl sites for hydroxylation is 1. The molecule has 0 saturated heterocycles. The number of nitrogens with two attached hydrogens (primary N) is 1. The molecule has 0 aliphatic heterocycles. The summed E-state index contributed by atoms with van der Waals surface area (Å²) < 4.78 is 37.2. The lowest BCUT2D eigenvalue weighted by molar-refractivity contribution is -0.112. The zero-order valence-corrected chi connectivity index (χ0v) is 16.0. The first-order chi connectivity index (χ1) is 12.5. The highest BCUT2D eigenvalue weighted by atomic mass is 19.4. The minimum atomic E-state index is -4.48. The normalized spacial score (nSPS) is 13.1. The average molecular weight is 378 g/mol. The summed E-state index contributed by atoms with van der Waals surface area (Å²) in [6, 6.07) is 3.56. The number of benzene rings is 1. The summed E-state index contributed by atoms with van der Waals surface area (Å²) in [7, 11) is 0. The van der Waals surface area contributed by atoms with Gasteiger partial charge in [0, 0.05) is 22.5 Å². The number of hydrogen-bond donors (Lipinski definition) is 2. The third kappa shape index (κ3) is 6.81. The zero-order valence-electron chi connectivity index (χ0n) is 16.0. The van der Waals surface area contributed by atoms with Crippen LogP contribution >= 0.6 is 0 Å². The van der Waals surface area contributed by atoms with E-state index in [-0.39, 0.29) is 5.57 Å². The van der Waals surface area contributed by atoms with Crippen LogP contribution in [-0.4, -0.2) is 12.1 Å². The van der Waals surface area contributed by atoms with Crippen molar-refractivity contribution in [1.82, 2.24) is 0 Å². The number of alkyl halides is 3. The standard InChI is InChI=1S/C21H25F3N2O/c1-6-13(2)10-17-12-19(15(4)11-18(17)25)26-20(27)14(3)8-7-9-16(5)21(22,23)24/h7-12H,5-6,25H2,1-4H3,(H,26,27)/b9-7-,13-10+,14-8+. The Bertz CT molecular complexity index is 815. The van der Waals surface area contributed by atoms with Gasteiger partial charge in [-0.15, -0.1) is 0 Å². The minimum absolute atomic E-state index is 0.263. The lowest BCUT2D eigenvalue weighted by Gasteiger charge is -2.12. The maximum atomic E-state index is 12.4. The number of hydrogen-bond acceptors (Lipinski definition) is 2. The predicted octanol–water partition coefficient (Wildman–Crippen LogP) is 5.95. The number of nitrogen functional groups attached to an aromatic ring is 1. The van der Waals surface area contributed by atoms with Gasteiger partial charge in [0.15, 0.2) is 0 Å². The molecule has 27 heavy (non-hydrogen) atoms. The van der Waals surface area contributed by atoms with E-state index >= 15 is 0 Å². The van der Waals surface area contributed by atoms with E-state index in [1.54, 1.807) is 12.1 Å².